The number of carbonyl (C=O) groups is 2. The molecule has 7 heteroatoms. The fourth-order valence-corrected chi connectivity index (χ4v) is 5.10. The van der Waals surface area contributed by atoms with Gasteiger partial charge in [-0.15, -0.1) is 0 Å². The molecule has 1 heterocycles. The summed E-state index contributed by atoms with van der Waals surface area (Å²) >= 11 is 7.18. The van der Waals surface area contributed by atoms with Crippen LogP contribution in [-0.4, -0.2) is 17.1 Å². The van der Waals surface area contributed by atoms with Gasteiger partial charge in [0.15, 0.2) is 0 Å². The van der Waals surface area contributed by atoms with Crippen LogP contribution in [0.15, 0.2) is 83.4 Å². The molecule has 170 valence electrons. The van der Waals surface area contributed by atoms with E-state index in [-0.39, 0.29) is 11.5 Å². The largest absolute Gasteiger partial charge is 0.321 e. The molecular formula is C27H22ClN3O2S. The first kappa shape index (κ1) is 23.6. The molecule has 0 aliphatic carbocycles. The summed E-state index contributed by atoms with van der Waals surface area (Å²) < 4.78 is 0. The number of carbonyl (C=O) groups excluding carboxylic acids is 2. The Balaban J connectivity index is 1.73. The van der Waals surface area contributed by atoms with Gasteiger partial charge in [-0.05, 0) is 67.8 Å². The third-order valence-electron chi connectivity index (χ3n) is 5.57. The SMILES string of the molecule is Cc1ccc(N2C(=O)[C@@H](Cc3ccccc3C)S/C2=C(\C#N)C(=O)Nc2ccc(Cl)cc2)cc1. The predicted molar refractivity (Wildman–Crippen MR) is 138 cm³/mol. The van der Waals surface area contributed by atoms with Crippen molar-refractivity contribution in [3.05, 3.63) is 105 Å². The van der Waals surface area contributed by atoms with Crippen molar-refractivity contribution in [3.8, 4) is 6.07 Å². The highest BCUT2D eigenvalue weighted by atomic mass is 35.5. The van der Waals surface area contributed by atoms with Crippen molar-refractivity contribution >= 4 is 46.6 Å². The highest BCUT2D eigenvalue weighted by Crippen LogP contribution is 2.42. The zero-order valence-corrected chi connectivity index (χ0v) is 20.3. The van der Waals surface area contributed by atoms with Gasteiger partial charge in [-0.3, -0.25) is 14.5 Å². The van der Waals surface area contributed by atoms with Crippen LogP contribution in [0.25, 0.3) is 0 Å². The Morgan fingerprint density at radius 3 is 2.38 bits per heavy atom. The Kier molecular flexibility index (Phi) is 7.06. The average Bonchev–Trinajstić information content (AvgIpc) is 3.13. The predicted octanol–water partition coefficient (Wildman–Crippen LogP) is 6.02. The smallest absolute Gasteiger partial charge is 0.269 e. The number of amides is 2. The zero-order chi connectivity index (χ0) is 24.2. The van der Waals surface area contributed by atoms with Gasteiger partial charge >= 0.3 is 0 Å². The molecule has 1 aliphatic heterocycles. The molecule has 0 saturated carbocycles. The summed E-state index contributed by atoms with van der Waals surface area (Å²) in [5.74, 6) is -0.729. The van der Waals surface area contributed by atoms with E-state index >= 15 is 0 Å². The van der Waals surface area contributed by atoms with Gasteiger partial charge in [-0.2, -0.15) is 5.26 Å². The molecule has 2 amide bonds. The first-order valence-corrected chi connectivity index (χ1v) is 12.0. The number of nitrogens with one attached hydrogen (secondary N) is 1. The van der Waals surface area contributed by atoms with Crippen molar-refractivity contribution < 1.29 is 9.59 Å². The molecule has 5 nitrogen and oxygen atoms in total. The van der Waals surface area contributed by atoms with E-state index in [1.807, 2.05) is 68.4 Å². The molecule has 3 aromatic carbocycles. The fourth-order valence-electron chi connectivity index (χ4n) is 3.68. The molecule has 34 heavy (non-hydrogen) atoms. The molecule has 0 radical (unpaired) electrons. The number of halogens is 1. The third kappa shape index (κ3) is 5.01. The summed E-state index contributed by atoms with van der Waals surface area (Å²) in [6.45, 7) is 3.97. The maximum Gasteiger partial charge on any atom is 0.269 e. The van der Waals surface area contributed by atoms with Crippen LogP contribution in [0.3, 0.4) is 0 Å². The maximum absolute atomic E-state index is 13.6. The van der Waals surface area contributed by atoms with Crippen molar-refractivity contribution in [3.63, 3.8) is 0 Å². The van der Waals surface area contributed by atoms with E-state index in [2.05, 4.69) is 5.32 Å². The topological polar surface area (TPSA) is 73.2 Å². The minimum atomic E-state index is -0.575. The van der Waals surface area contributed by atoms with Crippen LogP contribution in [0, 0.1) is 25.2 Å². The minimum absolute atomic E-state index is 0.110. The standard InChI is InChI=1S/C27H22ClN3O2S/c1-17-7-13-22(14-8-17)31-26(33)24(15-19-6-4-3-5-18(19)2)34-27(31)23(16-29)25(32)30-21-11-9-20(28)10-12-21/h3-14,24H,15H2,1-2H3,(H,30,32)/b27-23+/t24-/m1/s1. The van der Waals surface area contributed by atoms with E-state index in [0.29, 0.717) is 27.8 Å². The number of thioether (sulfide) groups is 1. The van der Waals surface area contributed by atoms with Gasteiger partial charge in [-0.25, -0.2) is 0 Å². The van der Waals surface area contributed by atoms with Gasteiger partial charge in [-0.1, -0.05) is 65.3 Å². The van der Waals surface area contributed by atoms with Crippen LogP contribution in [0.5, 0.6) is 0 Å². The number of rotatable bonds is 5. The van der Waals surface area contributed by atoms with Crippen molar-refractivity contribution in [2.45, 2.75) is 25.5 Å². The Morgan fingerprint density at radius 2 is 1.74 bits per heavy atom. The van der Waals surface area contributed by atoms with Crippen LogP contribution < -0.4 is 10.2 Å². The molecule has 3 aromatic rings. The lowest BCUT2D eigenvalue weighted by Crippen LogP contribution is -2.31. The summed E-state index contributed by atoms with van der Waals surface area (Å²) in [4.78, 5) is 28.2. The second-order valence-corrected chi connectivity index (χ2v) is 9.63. The van der Waals surface area contributed by atoms with Gasteiger partial charge in [0.1, 0.15) is 16.7 Å². The van der Waals surface area contributed by atoms with E-state index in [1.165, 1.54) is 16.7 Å². The number of benzene rings is 3. The van der Waals surface area contributed by atoms with Crippen LogP contribution in [0.2, 0.25) is 5.02 Å². The van der Waals surface area contributed by atoms with Gasteiger partial charge in [0.05, 0.1) is 5.25 Å². The lowest BCUT2D eigenvalue weighted by Gasteiger charge is -2.19. The number of hydrogen-bond acceptors (Lipinski definition) is 4. The quantitative estimate of drug-likeness (QED) is 0.352. The molecule has 0 unspecified atom stereocenters. The minimum Gasteiger partial charge on any atom is -0.321 e. The molecule has 1 fully saturated rings. The number of nitriles is 1. The lowest BCUT2D eigenvalue weighted by atomic mass is 10.0. The van der Waals surface area contributed by atoms with Crippen molar-refractivity contribution in [2.75, 3.05) is 10.2 Å². The monoisotopic (exact) mass is 487 g/mol. The Labute approximate surface area is 208 Å². The molecule has 1 aliphatic rings. The molecule has 1 N–H and O–H groups in total. The molecule has 0 spiro atoms. The highest BCUT2D eigenvalue weighted by Gasteiger charge is 2.41. The van der Waals surface area contributed by atoms with Crippen molar-refractivity contribution in [2.24, 2.45) is 0 Å². The number of aryl methyl sites for hydroxylation is 2. The van der Waals surface area contributed by atoms with E-state index in [1.54, 1.807) is 24.3 Å². The molecule has 0 aromatic heterocycles. The summed E-state index contributed by atoms with van der Waals surface area (Å²) in [6, 6.07) is 24.0. The van der Waals surface area contributed by atoms with E-state index < -0.39 is 11.2 Å². The summed E-state index contributed by atoms with van der Waals surface area (Å²) in [7, 11) is 0. The van der Waals surface area contributed by atoms with Crippen molar-refractivity contribution in [1.29, 1.82) is 5.26 Å². The molecular weight excluding hydrogens is 466 g/mol. The Bertz CT molecular complexity index is 1310. The van der Waals surface area contributed by atoms with Gasteiger partial charge in [0, 0.05) is 16.4 Å². The lowest BCUT2D eigenvalue weighted by molar-refractivity contribution is -0.117. The van der Waals surface area contributed by atoms with Crippen LogP contribution >= 0.6 is 23.4 Å². The van der Waals surface area contributed by atoms with Crippen LogP contribution in [-0.2, 0) is 16.0 Å². The second kappa shape index (κ2) is 10.2. The third-order valence-corrected chi connectivity index (χ3v) is 7.08. The van der Waals surface area contributed by atoms with Gasteiger partial charge in [0.2, 0.25) is 5.91 Å². The fraction of sp³-hybridized carbons (Fsp3) is 0.148. The van der Waals surface area contributed by atoms with E-state index in [9.17, 15) is 14.9 Å². The van der Waals surface area contributed by atoms with Crippen LogP contribution in [0.4, 0.5) is 11.4 Å². The maximum atomic E-state index is 13.6. The average molecular weight is 488 g/mol. The Morgan fingerprint density at radius 1 is 1.06 bits per heavy atom. The number of hydrogen-bond donors (Lipinski definition) is 1. The molecule has 1 saturated heterocycles. The summed E-state index contributed by atoms with van der Waals surface area (Å²) in [5, 5.41) is 13.1. The van der Waals surface area contributed by atoms with Crippen LogP contribution in [0.1, 0.15) is 16.7 Å². The Hall–Kier alpha value is -3.53. The van der Waals surface area contributed by atoms with Gasteiger partial charge < -0.3 is 5.32 Å². The molecule has 1 atom stereocenters. The van der Waals surface area contributed by atoms with Gasteiger partial charge in [0.25, 0.3) is 5.91 Å². The second-order valence-electron chi connectivity index (χ2n) is 8.00. The first-order valence-electron chi connectivity index (χ1n) is 10.7. The molecule has 0 bridgehead atoms. The summed E-state index contributed by atoms with van der Waals surface area (Å²) in [5.41, 5.74) is 4.22. The number of nitrogens with zero attached hydrogens (tertiary/aromatic N) is 2. The van der Waals surface area contributed by atoms with E-state index in [0.717, 1.165) is 16.7 Å². The first-order chi connectivity index (χ1) is 16.4. The number of anilines is 2. The molecule has 4 rings (SSSR count). The van der Waals surface area contributed by atoms with Crippen molar-refractivity contribution in [1.82, 2.24) is 0 Å². The van der Waals surface area contributed by atoms with E-state index in [4.69, 9.17) is 11.6 Å². The zero-order valence-electron chi connectivity index (χ0n) is 18.7. The highest BCUT2D eigenvalue weighted by molar-refractivity contribution is 8.05. The summed E-state index contributed by atoms with van der Waals surface area (Å²) in [6.07, 6.45) is 0.500. The normalized spacial score (nSPS) is 16.8.